The van der Waals surface area contributed by atoms with E-state index >= 15 is 0 Å². The van der Waals surface area contributed by atoms with Crippen molar-refractivity contribution in [2.45, 2.75) is 50.7 Å². The molecule has 0 aromatic rings. The van der Waals surface area contributed by atoms with Crippen LogP contribution in [0.4, 0.5) is 0 Å². The molecule has 0 amide bonds. The number of nitrogens with one attached hydrogen (secondary N) is 1. The van der Waals surface area contributed by atoms with Crippen molar-refractivity contribution >= 4 is 5.97 Å². The fourth-order valence-electron chi connectivity index (χ4n) is 6.74. The van der Waals surface area contributed by atoms with Crippen LogP contribution in [0.15, 0.2) is 0 Å². The van der Waals surface area contributed by atoms with Crippen molar-refractivity contribution in [2.75, 3.05) is 52.5 Å². The first-order valence-electron chi connectivity index (χ1n) is 11.2. The molecule has 6 heteroatoms. The van der Waals surface area contributed by atoms with E-state index < -0.39 is 0 Å². The molecule has 0 unspecified atom stereocenters. The number of ether oxygens (including phenoxy) is 3. The molecule has 0 radical (unpaired) electrons. The van der Waals surface area contributed by atoms with E-state index in [0.717, 1.165) is 65.4 Å². The summed E-state index contributed by atoms with van der Waals surface area (Å²) in [6, 6.07) is 0. The summed E-state index contributed by atoms with van der Waals surface area (Å²) in [6.07, 6.45) is 6.07. The largest absolute Gasteiger partial charge is 0.462 e. The minimum atomic E-state index is 0.0629. The summed E-state index contributed by atoms with van der Waals surface area (Å²) in [5.41, 5.74) is 0.450. The van der Waals surface area contributed by atoms with Gasteiger partial charge in [-0.05, 0) is 43.4 Å². The van der Waals surface area contributed by atoms with Crippen LogP contribution in [0.3, 0.4) is 0 Å². The first-order valence-corrected chi connectivity index (χ1v) is 11.2. The molecular weight excluding hydrogens is 344 g/mol. The number of quaternary nitrogens is 2. The van der Waals surface area contributed by atoms with Gasteiger partial charge in [0.05, 0.1) is 32.0 Å². The fraction of sp³-hybridized carbons (Fsp3) is 0.952. The molecule has 2 saturated carbocycles. The highest BCUT2D eigenvalue weighted by atomic mass is 16.6. The van der Waals surface area contributed by atoms with Gasteiger partial charge in [-0.1, -0.05) is 6.92 Å². The maximum Gasteiger partial charge on any atom is 0.315 e. The molecule has 3 heterocycles. The van der Waals surface area contributed by atoms with E-state index in [1.54, 1.807) is 4.90 Å². The number of hydrogen-bond acceptors (Lipinski definition) is 4. The van der Waals surface area contributed by atoms with Crippen LogP contribution in [0, 0.1) is 23.2 Å². The number of carbonyl (C=O) groups excluding carboxylic acids is 1. The van der Waals surface area contributed by atoms with Crippen LogP contribution in [-0.2, 0) is 19.0 Å². The summed E-state index contributed by atoms with van der Waals surface area (Å²) < 4.78 is 17.3. The smallest absolute Gasteiger partial charge is 0.315 e. The molecule has 0 bridgehead atoms. The molecule has 0 aromatic heterocycles. The highest BCUT2D eigenvalue weighted by molar-refractivity contribution is 5.75. The van der Waals surface area contributed by atoms with Crippen LogP contribution in [0.25, 0.3) is 0 Å². The van der Waals surface area contributed by atoms with Gasteiger partial charge < -0.3 is 24.4 Å². The SMILES string of the molecule is C[C@]12CCC[C@]3(CO3)[C@H]1C[C@H]1[C@@H](C2)OC(=O)[C@@H]1C[NH2+]CC[NH+]1CCOCC1. The Balaban J connectivity index is 1.18. The second kappa shape index (κ2) is 6.97. The summed E-state index contributed by atoms with van der Waals surface area (Å²) >= 11 is 0. The zero-order valence-corrected chi connectivity index (χ0v) is 16.7. The Bertz CT molecular complexity index is 575. The van der Waals surface area contributed by atoms with Gasteiger partial charge in [-0.3, -0.25) is 4.79 Å². The summed E-state index contributed by atoms with van der Waals surface area (Å²) in [4.78, 5) is 14.3. The van der Waals surface area contributed by atoms with Gasteiger partial charge in [0.25, 0.3) is 0 Å². The minimum absolute atomic E-state index is 0.0629. The van der Waals surface area contributed by atoms with Crippen LogP contribution in [0.2, 0.25) is 0 Å². The lowest BCUT2D eigenvalue weighted by Crippen LogP contribution is -3.16. The Morgan fingerprint density at radius 2 is 2.07 bits per heavy atom. The van der Waals surface area contributed by atoms with E-state index in [1.807, 2.05) is 0 Å². The van der Waals surface area contributed by atoms with E-state index in [2.05, 4.69) is 12.2 Å². The second-order valence-electron chi connectivity index (χ2n) is 10.0. The van der Waals surface area contributed by atoms with Crippen molar-refractivity contribution in [1.82, 2.24) is 0 Å². The van der Waals surface area contributed by atoms with Gasteiger partial charge in [-0.15, -0.1) is 0 Å². The molecule has 1 spiro atoms. The molecule has 6 nitrogen and oxygen atoms in total. The van der Waals surface area contributed by atoms with Crippen LogP contribution < -0.4 is 10.2 Å². The van der Waals surface area contributed by atoms with E-state index in [4.69, 9.17) is 14.2 Å². The molecule has 2 aliphatic carbocycles. The van der Waals surface area contributed by atoms with Crippen molar-refractivity contribution in [2.24, 2.45) is 23.2 Å². The molecule has 27 heavy (non-hydrogen) atoms. The lowest BCUT2D eigenvalue weighted by atomic mass is 9.53. The van der Waals surface area contributed by atoms with Crippen LogP contribution in [0.5, 0.6) is 0 Å². The molecule has 6 atom stereocenters. The third-order valence-corrected chi connectivity index (χ3v) is 8.40. The van der Waals surface area contributed by atoms with Gasteiger partial charge in [0.1, 0.15) is 38.2 Å². The third kappa shape index (κ3) is 3.33. The van der Waals surface area contributed by atoms with Crippen molar-refractivity contribution in [1.29, 1.82) is 0 Å². The molecular formula is C21H36N2O4+2. The van der Waals surface area contributed by atoms with E-state index in [9.17, 15) is 4.79 Å². The first kappa shape index (κ1) is 18.3. The number of epoxide rings is 1. The summed E-state index contributed by atoms with van der Waals surface area (Å²) in [5.74, 6) is 1.17. The number of rotatable bonds is 5. The lowest BCUT2D eigenvalue weighted by Gasteiger charge is -2.51. The number of carbonyl (C=O) groups is 1. The Labute approximate surface area is 162 Å². The Morgan fingerprint density at radius 1 is 1.26 bits per heavy atom. The lowest BCUT2D eigenvalue weighted by molar-refractivity contribution is -0.919. The number of morpholine rings is 1. The van der Waals surface area contributed by atoms with E-state index in [1.165, 1.54) is 19.3 Å². The highest BCUT2D eigenvalue weighted by Crippen LogP contribution is 2.62. The Hall–Kier alpha value is -0.690. The topological polar surface area (TPSA) is 69.1 Å². The maximum absolute atomic E-state index is 12.6. The maximum atomic E-state index is 12.6. The zero-order valence-electron chi connectivity index (χ0n) is 16.7. The average molecular weight is 381 g/mol. The molecule has 5 fully saturated rings. The second-order valence-corrected chi connectivity index (χ2v) is 10.0. The normalized spacial score (nSPS) is 46.8. The fourth-order valence-corrected chi connectivity index (χ4v) is 6.74. The number of fused-ring (bicyclic) bond motifs is 3. The predicted octanol–water partition coefficient (Wildman–Crippen LogP) is -1.01. The van der Waals surface area contributed by atoms with E-state index in [-0.39, 0.29) is 23.6 Å². The predicted molar refractivity (Wildman–Crippen MR) is 98.3 cm³/mol. The van der Waals surface area contributed by atoms with Crippen molar-refractivity contribution in [3.05, 3.63) is 0 Å². The van der Waals surface area contributed by atoms with Crippen molar-refractivity contribution < 1.29 is 29.2 Å². The monoisotopic (exact) mass is 380 g/mol. The van der Waals surface area contributed by atoms with Gasteiger partial charge in [-0.2, -0.15) is 0 Å². The summed E-state index contributed by atoms with van der Waals surface area (Å²) in [6.45, 7) is 10.5. The van der Waals surface area contributed by atoms with Gasteiger partial charge in [0.2, 0.25) is 0 Å². The highest BCUT2D eigenvalue weighted by Gasteiger charge is 2.65. The zero-order chi connectivity index (χ0) is 18.5. The Kier molecular flexibility index (Phi) is 4.74. The summed E-state index contributed by atoms with van der Waals surface area (Å²) in [5, 5.41) is 2.36. The Morgan fingerprint density at radius 3 is 2.85 bits per heavy atom. The number of nitrogens with two attached hydrogens (primary N) is 1. The molecule has 5 aliphatic rings. The van der Waals surface area contributed by atoms with Gasteiger partial charge in [-0.25, -0.2) is 0 Å². The number of hydrogen-bond donors (Lipinski definition) is 2. The molecule has 3 aliphatic heterocycles. The van der Waals surface area contributed by atoms with Crippen LogP contribution >= 0.6 is 0 Å². The first-order chi connectivity index (χ1) is 13.1. The van der Waals surface area contributed by atoms with Crippen molar-refractivity contribution in [3.8, 4) is 0 Å². The molecule has 0 aromatic carbocycles. The number of esters is 1. The van der Waals surface area contributed by atoms with Crippen LogP contribution in [-0.4, -0.2) is 70.2 Å². The standard InChI is InChI=1S/C21H34N2O4/c1-20-3-2-4-21(14-26-21)18(20)11-15-16(19(24)27-17(15)12-20)13-22-5-6-23-7-9-25-10-8-23/h15-18,22H,2-14H2,1H3/p+2/t15-,16-,17-,18+,20-,21+/m1/s1. The molecule has 152 valence electrons. The molecule has 5 rings (SSSR count). The summed E-state index contributed by atoms with van der Waals surface area (Å²) in [7, 11) is 0. The molecule has 3 saturated heterocycles. The van der Waals surface area contributed by atoms with Gasteiger partial charge in [0.15, 0.2) is 0 Å². The van der Waals surface area contributed by atoms with Crippen LogP contribution in [0.1, 0.15) is 39.0 Å². The van der Waals surface area contributed by atoms with Crippen molar-refractivity contribution in [3.63, 3.8) is 0 Å². The minimum Gasteiger partial charge on any atom is -0.462 e. The van der Waals surface area contributed by atoms with Gasteiger partial charge in [0, 0.05) is 5.92 Å². The van der Waals surface area contributed by atoms with E-state index in [0.29, 0.717) is 17.3 Å². The quantitative estimate of drug-likeness (QED) is 0.364. The molecule has 3 N–H and O–H groups in total. The average Bonchev–Trinajstić information content (AvgIpc) is 3.36. The third-order valence-electron chi connectivity index (χ3n) is 8.40. The van der Waals surface area contributed by atoms with Gasteiger partial charge >= 0.3 is 5.97 Å².